The van der Waals surface area contributed by atoms with Gasteiger partial charge in [0.2, 0.25) is 11.9 Å². The predicted molar refractivity (Wildman–Crippen MR) is 63.5 cm³/mol. The first-order chi connectivity index (χ1) is 7.40. The number of hydrogen-bond acceptors (Lipinski definition) is 4. The number of nitrogens with zero attached hydrogens (tertiary/aromatic N) is 4. The molecule has 0 aromatic carbocycles. The molecule has 0 saturated heterocycles. The third-order valence-corrected chi connectivity index (χ3v) is 2.18. The van der Waals surface area contributed by atoms with E-state index in [4.69, 9.17) is 0 Å². The molecule has 0 aliphatic heterocycles. The lowest BCUT2D eigenvalue weighted by atomic mass is 10.3. The van der Waals surface area contributed by atoms with Crippen LogP contribution in [0.2, 0.25) is 0 Å². The molecule has 0 aliphatic rings. The van der Waals surface area contributed by atoms with Crippen LogP contribution in [-0.4, -0.2) is 48.5 Å². The second kappa shape index (κ2) is 4.92. The van der Waals surface area contributed by atoms with Crippen LogP contribution in [0.4, 0.5) is 5.95 Å². The largest absolute Gasteiger partial charge is 0.347 e. The van der Waals surface area contributed by atoms with Gasteiger partial charge in [0.15, 0.2) is 0 Å². The lowest BCUT2D eigenvalue weighted by Crippen LogP contribution is -2.35. The van der Waals surface area contributed by atoms with E-state index in [1.165, 1.54) is 0 Å². The number of carbonyl (C=O) groups is 1. The van der Waals surface area contributed by atoms with Crippen molar-refractivity contribution in [1.82, 2.24) is 14.9 Å². The molecule has 0 fully saturated rings. The zero-order chi connectivity index (χ0) is 12.3. The molecule has 0 N–H and O–H groups in total. The highest BCUT2D eigenvalue weighted by Gasteiger charge is 2.11. The third kappa shape index (κ3) is 3.18. The molecular formula is C11H18N4O. The number of amides is 1. The smallest absolute Gasteiger partial charge is 0.241 e. The Kier molecular flexibility index (Phi) is 3.82. The van der Waals surface area contributed by atoms with Crippen molar-refractivity contribution in [2.24, 2.45) is 0 Å². The summed E-state index contributed by atoms with van der Waals surface area (Å²) in [5.74, 6) is 0.623. The van der Waals surface area contributed by atoms with E-state index in [2.05, 4.69) is 9.97 Å². The van der Waals surface area contributed by atoms with Crippen LogP contribution in [0.5, 0.6) is 0 Å². The highest BCUT2D eigenvalue weighted by atomic mass is 16.2. The molecule has 0 atom stereocenters. The van der Waals surface area contributed by atoms with Crippen molar-refractivity contribution in [3.05, 3.63) is 17.5 Å². The predicted octanol–water partition coefficient (Wildman–Crippen LogP) is 0.618. The van der Waals surface area contributed by atoms with Gasteiger partial charge in [-0.3, -0.25) is 4.79 Å². The van der Waals surface area contributed by atoms with Crippen LogP contribution in [-0.2, 0) is 4.79 Å². The van der Waals surface area contributed by atoms with Crippen LogP contribution >= 0.6 is 0 Å². The van der Waals surface area contributed by atoms with Crippen molar-refractivity contribution in [2.45, 2.75) is 13.8 Å². The highest BCUT2D eigenvalue weighted by Crippen LogP contribution is 2.07. The fraction of sp³-hybridized carbons (Fsp3) is 0.545. The monoisotopic (exact) mass is 222 g/mol. The van der Waals surface area contributed by atoms with Crippen molar-refractivity contribution in [3.8, 4) is 0 Å². The minimum absolute atomic E-state index is 0.0326. The van der Waals surface area contributed by atoms with E-state index in [0.29, 0.717) is 5.95 Å². The van der Waals surface area contributed by atoms with Gasteiger partial charge < -0.3 is 9.80 Å². The van der Waals surface area contributed by atoms with Crippen molar-refractivity contribution >= 4 is 11.9 Å². The number of hydrogen-bond donors (Lipinski definition) is 0. The molecule has 1 rings (SSSR count). The van der Waals surface area contributed by atoms with E-state index in [9.17, 15) is 4.79 Å². The number of carbonyl (C=O) groups excluding carboxylic acids is 1. The molecule has 1 heterocycles. The molecule has 1 aromatic rings. The van der Waals surface area contributed by atoms with Crippen molar-refractivity contribution in [2.75, 3.05) is 32.6 Å². The van der Waals surface area contributed by atoms with Gasteiger partial charge in [0.05, 0.1) is 6.54 Å². The molecule has 16 heavy (non-hydrogen) atoms. The molecule has 5 heteroatoms. The number of rotatable bonds is 3. The van der Waals surface area contributed by atoms with E-state index >= 15 is 0 Å². The summed E-state index contributed by atoms with van der Waals surface area (Å²) < 4.78 is 0. The van der Waals surface area contributed by atoms with E-state index in [1.807, 2.05) is 27.0 Å². The Balaban J connectivity index is 2.80. The Bertz CT molecular complexity index is 369. The van der Waals surface area contributed by atoms with Gasteiger partial charge in [0.25, 0.3) is 0 Å². The summed E-state index contributed by atoms with van der Waals surface area (Å²) in [6.07, 6.45) is 0. The van der Waals surface area contributed by atoms with Gasteiger partial charge in [-0.25, -0.2) is 9.97 Å². The van der Waals surface area contributed by atoms with Crippen LogP contribution in [0.25, 0.3) is 0 Å². The van der Waals surface area contributed by atoms with Gasteiger partial charge in [0, 0.05) is 32.5 Å². The topological polar surface area (TPSA) is 49.3 Å². The molecule has 1 amide bonds. The number of aryl methyl sites for hydroxylation is 2. The molecule has 0 bridgehead atoms. The zero-order valence-corrected chi connectivity index (χ0v) is 10.5. The molecule has 1 aromatic heterocycles. The average molecular weight is 222 g/mol. The summed E-state index contributed by atoms with van der Waals surface area (Å²) in [5.41, 5.74) is 1.82. The first-order valence-electron chi connectivity index (χ1n) is 5.13. The lowest BCUT2D eigenvalue weighted by Gasteiger charge is -2.19. The fourth-order valence-corrected chi connectivity index (χ4v) is 1.29. The molecule has 88 valence electrons. The van der Waals surface area contributed by atoms with Crippen molar-refractivity contribution in [3.63, 3.8) is 0 Å². The van der Waals surface area contributed by atoms with Crippen molar-refractivity contribution < 1.29 is 4.79 Å². The minimum Gasteiger partial charge on any atom is -0.347 e. The minimum atomic E-state index is 0.0326. The highest BCUT2D eigenvalue weighted by molar-refractivity contribution is 5.80. The van der Waals surface area contributed by atoms with Gasteiger partial charge in [-0.1, -0.05) is 0 Å². The molecule has 5 nitrogen and oxygen atoms in total. The van der Waals surface area contributed by atoms with Crippen LogP contribution in [0, 0.1) is 13.8 Å². The Morgan fingerprint density at radius 2 is 1.69 bits per heavy atom. The molecule has 0 aliphatic carbocycles. The maximum Gasteiger partial charge on any atom is 0.241 e. The number of likely N-dealkylation sites (N-methyl/N-ethyl adjacent to an activating group) is 2. The molecule has 0 spiro atoms. The summed E-state index contributed by atoms with van der Waals surface area (Å²) in [4.78, 5) is 23.4. The molecule has 0 radical (unpaired) electrons. The van der Waals surface area contributed by atoms with E-state index in [-0.39, 0.29) is 12.5 Å². The van der Waals surface area contributed by atoms with Crippen LogP contribution in [0.3, 0.4) is 0 Å². The van der Waals surface area contributed by atoms with Crippen molar-refractivity contribution in [1.29, 1.82) is 0 Å². The standard InChI is InChI=1S/C11H18N4O/c1-8-6-9(2)13-11(12-8)15(5)7-10(16)14(3)4/h6H,7H2,1-5H3. The van der Waals surface area contributed by atoms with Crippen LogP contribution in [0.1, 0.15) is 11.4 Å². The molecular weight excluding hydrogens is 204 g/mol. The fourth-order valence-electron chi connectivity index (χ4n) is 1.29. The quantitative estimate of drug-likeness (QED) is 0.752. The van der Waals surface area contributed by atoms with Gasteiger partial charge in [-0.2, -0.15) is 0 Å². The Morgan fingerprint density at radius 3 is 2.12 bits per heavy atom. The van der Waals surface area contributed by atoms with Gasteiger partial charge in [-0.05, 0) is 19.9 Å². The van der Waals surface area contributed by atoms with E-state index < -0.39 is 0 Å². The summed E-state index contributed by atoms with van der Waals surface area (Å²) >= 11 is 0. The maximum atomic E-state index is 11.5. The third-order valence-electron chi connectivity index (χ3n) is 2.18. The normalized spacial score (nSPS) is 10.1. The SMILES string of the molecule is Cc1cc(C)nc(N(C)CC(=O)N(C)C)n1. The maximum absolute atomic E-state index is 11.5. The first-order valence-corrected chi connectivity index (χ1v) is 5.13. The number of anilines is 1. The summed E-state index contributed by atoms with van der Waals surface area (Å²) in [6.45, 7) is 4.12. The molecule has 0 saturated carbocycles. The number of aromatic nitrogens is 2. The Hall–Kier alpha value is -1.65. The van der Waals surface area contributed by atoms with E-state index in [1.54, 1.807) is 23.9 Å². The second-order valence-corrected chi connectivity index (χ2v) is 4.09. The average Bonchev–Trinajstić information content (AvgIpc) is 2.15. The van der Waals surface area contributed by atoms with Crippen LogP contribution in [0.15, 0.2) is 6.07 Å². The van der Waals surface area contributed by atoms with Crippen LogP contribution < -0.4 is 4.90 Å². The Morgan fingerprint density at radius 1 is 1.19 bits per heavy atom. The second-order valence-electron chi connectivity index (χ2n) is 4.09. The van der Waals surface area contributed by atoms with Gasteiger partial charge >= 0.3 is 0 Å². The van der Waals surface area contributed by atoms with Gasteiger partial charge in [-0.15, -0.1) is 0 Å². The summed E-state index contributed by atoms with van der Waals surface area (Å²) in [6, 6.07) is 1.91. The molecule has 0 unspecified atom stereocenters. The van der Waals surface area contributed by atoms with E-state index in [0.717, 1.165) is 11.4 Å². The summed E-state index contributed by atoms with van der Waals surface area (Å²) in [7, 11) is 5.28. The first kappa shape index (κ1) is 12.4. The Labute approximate surface area is 96.1 Å². The van der Waals surface area contributed by atoms with Gasteiger partial charge in [0.1, 0.15) is 0 Å². The summed E-state index contributed by atoms with van der Waals surface area (Å²) in [5, 5.41) is 0. The lowest BCUT2D eigenvalue weighted by molar-refractivity contribution is -0.127. The zero-order valence-electron chi connectivity index (χ0n) is 10.5.